The van der Waals surface area contributed by atoms with E-state index in [4.69, 9.17) is 9.73 Å². The Morgan fingerprint density at radius 2 is 1.88 bits per heavy atom. The van der Waals surface area contributed by atoms with Gasteiger partial charge in [0.1, 0.15) is 5.75 Å². The molecule has 1 aromatic heterocycles. The summed E-state index contributed by atoms with van der Waals surface area (Å²) < 4.78 is 9.22. The van der Waals surface area contributed by atoms with Gasteiger partial charge in [-0.15, -0.1) is 0 Å². The van der Waals surface area contributed by atoms with Crippen LogP contribution in [0.25, 0.3) is 11.8 Å². The SMILES string of the molecule is COc1cccc(C2C3=C(N=c4sc(=Cc5ccccc5I)c(=O)n42)c2ccccc2CC3)c1. The summed E-state index contributed by atoms with van der Waals surface area (Å²) in [4.78, 5) is 19.6. The van der Waals surface area contributed by atoms with Crippen molar-refractivity contribution in [3.05, 3.63) is 124 Å². The summed E-state index contributed by atoms with van der Waals surface area (Å²) in [6.45, 7) is 0. The Labute approximate surface area is 214 Å². The second-order valence-electron chi connectivity index (χ2n) is 8.41. The number of ether oxygens (including phenoxy) is 1. The number of benzene rings is 3. The zero-order valence-electron chi connectivity index (χ0n) is 18.5. The zero-order valence-corrected chi connectivity index (χ0v) is 21.5. The van der Waals surface area contributed by atoms with Crippen LogP contribution in [0.3, 0.4) is 0 Å². The van der Waals surface area contributed by atoms with E-state index < -0.39 is 0 Å². The third-order valence-electron chi connectivity index (χ3n) is 6.47. The number of halogens is 1. The first-order valence-corrected chi connectivity index (χ1v) is 13.0. The Morgan fingerprint density at radius 3 is 2.74 bits per heavy atom. The van der Waals surface area contributed by atoms with E-state index in [0.29, 0.717) is 4.53 Å². The Morgan fingerprint density at radius 1 is 1.06 bits per heavy atom. The molecule has 168 valence electrons. The van der Waals surface area contributed by atoms with Crippen molar-refractivity contribution in [3.63, 3.8) is 0 Å². The van der Waals surface area contributed by atoms with Gasteiger partial charge in [0.2, 0.25) is 0 Å². The fraction of sp³-hybridized carbons (Fsp3) is 0.143. The van der Waals surface area contributed by atoms with Crippen LogP contribution in [0.5, 0.6) is 5.75 Å². The Balaban J connectivity index is 1.64. The number of thiazole rings is 1. The van der Waals surface area contributed by atoms with Gasteiger partial charge < -0.3 is 4.74 Å². The molecule has 1 unspecified atom stereocenters. The van der Waals surface area contributed by atoms with Crippen LogP contribution >= 0.6 is 33.9 Å². The van der Waals surface area contributed by atoms with Crippen molar-refractivity contribution in [2.45, 2.75) is 18.9 Å². The predicted molar refractivity (Wildman–Crippen MR) is 145 cm³/mol. The molecule has 6 rings (SSSR count). The average Bonchev–Trinajstić information content (AvgIpc) is 3.18. The minimum Gasteiger partial charge on any atom is -0.497 e. The molecule has 0 saturated carbocycles. The maximum Gasteiger partial charge on any atom is 0.271 e. The molecule has 0 saturated heterocycles. The van der Waals surface area contributed by atoms with E-state index in [1.54, 1.807) is 7.11 Å². The van der Waals surface area contributed by atoms with E-state index in [0.717, 1.165) is 43.8 Å². The number of hydrogen-bond donors (Lipinski definition) is 0. The molecule has 4 nitrogen and oxygen atoms in total. The van der Waals surface area contributed by atoms with Crippen LogP contribution in [0, 0.1) is 3.57 Å². The van der Waals surface area contributed by atoms with Crippen LogP contribution in [-0.4, -0.2) is 11.7 Å². The molecule has 3 aromatic carbocycles. The Bertz CT molecular complexity index is 1650. The molecule has 1 aliphatic carbocycles. The third kappa shape index (κ3) is 3.56. The second-order valence-corrected chi connectivity index (χ2v) is 10.6. The lowest BCUT2D eigenvalue weighted by Crippen LogP contribution is -2.38. The Hall–Kier alpha value is -2.97. The van der Waals surface area contributed by atoms with Crippen molar-refractivity contribution in [1.82, 2.24) is 4.57 Å². The minimum atomic E-state index is -0.202. The van der Waals surface area contributed by atoms with Gasteiger partial charge in [0, 0.05) is 9.13 Å². The number of allylic oxidation sites excluding steroid dienone is 1. The molecule has 1 aliphatic heterocycles. The van der Waals surface area contributed by atoms with Gasteiger partial charge in [0.05, 0.1) is 23.4 Å². The van der Waals surface area contributed by atoms with Crippen LogP contribution in [0.2, 0.25) is 0 Å². The molecule has 0 spiro atoms. The van der Waals surface area contributed by atoms with E-state index in [-0.39, 0.29) is 11.6 Å². The summed E-state index contributed by atoms with van der Waals surface area (Å²) in [6.07, 6.45) is 3.81. The average molecular weight is 576 g/mol. The van der Waals surface area contributed by atoms with Crippen LogP contribution in [0.1, 0.15) is 34.7 Å². The highest BCUT2D eigenvalue weighted by Gasteiger charge is 2.32. The van der Waals surface area contributed by atoms with Gasteiger partial charge >= 0.3 is 0 Å². The standard InChI is InChI=1S/C28H21IN2O2S/c1-33-20-10-6-9-19(15-20)26-22-14-13-17-7-2-4-11-21(17)25(22)30-28-31(26)27(32)24(34-28)16-18-8-3-5-12-23(18)29/h2-12,15-16,26H,13-14H2,1H3. The summed E-state index contributed by atoms with van der Waals surface area (Å²) in [7, 11) is 1.67. The lowest BCUT2D eigenvalue weighted by atomic mass is 9.83. The number of hydrogen-bond acceptors (Lipinski definition) is 4. The van der Waals surface area contributed by atoms with Gasteiger partial charge in [-0.25, -0.2) is 4.99 Å². The molecule has 0 bridgehead atoms. The van der Waals surface area contributed by atoms with Gasteiger partial charge in [0.25, 0.3) is 5.56 Å². The number of methoxy groups -OCH3 is 1. The fourth-order valence-electron chi connectivity index (χ4n) is 4.87. The van der Waals surface area contributed by atoms with Gasteiger partial charge in [-0.1, -0.05) is 65.9 Å². The molecular weight excluding hydrogens is 555 g/mol. The summed E-state index contributed by atoms with van der Waals surface area (Å²) >= 11 is 3.78. The number of aromatic nitrogens is 1. The number of aryl methyl sites for hydroxylation is 1. The molecular formula is C28H21IN2O2S. The zero-order chi connectivity index (χ0) is 23.2. The summed E-state index contributed by atoms with van der Waals surface area (Å²) in [5.41, 5.74) is 6.78. The molecule has 0 amide bonds. The van der Waals surface area contributed by atoms with E-state index >= 15 is 0 Å². The van der Waals surface area contributed by atoms with Crippen molar-refractivity contribution >= 4 is 45.7 Å². The van der Waals surface area contributed by atoms with E-state index in [1.165, 1.54) is 28.0 Å². The fourth-order valence-corrected chi connectivity index (χ4v) is 6.40. The first-order valence-electron chi connectivity index (χ1n) is 11.2. The molecule has 6 heteroatoms. The first-order chi connectivity index (χ1) is 16.6. The highest BCUT2D eigenvalue weighted by atomic mass is 127. The maximum atomic E-state index is 13.8. The lowest BCUT2D eigenvalue weighted by molar-refractivity contribution is 0.413. The third-order valence-corrected chi connectivity index (χ3v) is 8.44. The van der Waals surface area contributed by atoms with Crippen LogP contribution in [0.15, 0.2) is 88.2 Å². The van der Waals surface area contributed by atoms with Gasteiger partial charge in [-0.3, -0.25) is 9.36 Å². The highest BCUT2D eigenvalue weighted by Crippen LogP contribution is 2.41. The van der Waals surface area contributed by atoms with Crippen LogP contribution in [0.4, 0.5) is 0 Å². The summed E-state index contributed by atoms with van der Waals surface area (Å²) in [6, 6.07) is 24.4. The summed E-state index contributed by atoms with van der Waals surface area (Å²) in [5.74, 6) is 0.786. The number of fused-ring (bicyclic) bond motifs is 3. The van der Waals surface area contributed by atoms with E-state index in [9.17, 15) is 4.79 Å². The quantitative estimate of drug-likeness (QED) is 0.325. The van der Waals surface area contributed by atoms with E-state index in [2.05, 4.69) is 59.0 Å². The van der Waals surface area contributed by atoms with Crippen molar-refractivity contribution in [2.24, 2.45) is 4.99 Å². The molecule has 0 fully saturated rings. The predicted octanol–water partition coefficient (Wildman–Crippen LogP) is 4.93. The normalized spacial score (nSPS) is 17.0. The highest BCUT2D eigenvalue weighted by molar-refractivity contribution is 14.1. The molecule has 0 N–H and O–H groups in total. The molecule has 0 radical (unpaired) electrons. The van der Waals surface area contributed by atoms with Crippen LogP contribution in [-0.2, 0) is 6.42 Å². The van der Waals surface area contributed by atoms with Gasteiger partial charge in [-0.2, -0.15) is 0 Å². The molecule has 1 atom stereocenters. The van der Waals surface area contributed by atoms with Crippen molar-refractivity contribution in [3.8, 4) is 5.75 Å². The van der Waals surface area contributed by atoms with Crippen LogP contribution < -0.4 is 19.6 Å². The largest absolute Gasteiger partial charge is 0.497 e. The monoisotopic (exact) mass is 576 g/mol. The number of nitrogens with zero attached hydrogens (tertiary/aromatic N) is 2. The van der Waals surface area contributed by atoms with Crippen molar-refractivity contribution in [2.75, 3.05) is 7.11 Å². The lowest BCUT2D eigenvalue weighted by Gasteiger charge is -2.31. The van der Waals surface area contributed by atoms with Gasteiger partial charge in [-0.05, 0) is 82.0 Å². The topological polar surface area (TPSA) is 43.6 Å². The molecule has 4 aromatic rings. The first kappa shape index (κ1) is 21.6. The van der Waals surface area contributed by atoms with Crippen molar-refractivity contribution < 1.29 is 4.74 Å². The maximum absolute atomic E-state index is 13.8. The van der Waals surface area contributed by atoms with Gasteiger partial charge in [0.15, 0.2) is 4.80 Å². The number of rotatable bonds is 3. The smallest absolute Gasteiger partial charge is 0.271 e. The molecule has 2 heterocycles. The summed E-state index contributed by atoms with van der Waals surface area (Å²) in [5, 5.41) is 0. The molecule has 34 heavy (non-hydrogen) atoms. The van der Waals surface area contributed by atoms with Crippen molar-refractivity contribution in [1.29, 1.82) is 0 Å². The minimum absolute atomic E-state index is 0.00151. The molecule has 2 aliphatic rings. The van der Waals surface area contributed by atoms with E-state index in [1.807, 2.05) is 47.0 Å². The Kier molecular flexibility index (Phi) is 5.50. The second kappa shape index (κ2) is 8.67.